The third-order valence-electron chi connectivity index (χ3n) is 3.22. The second-order valence-electron chi connectivity index (χ2n) is 4.50. The molecule has 0 aliphatic carbocycles. The molecule has 1 saturated heterocycles. The van der Waals surface area contributed by atoms with E-state index in [4.69, 9.17) is 10.5 Å². The SMILES string of the molecule is COc1cc(C)ccc1N1CCC(N)CC1. The first kappa shape index (κ1) is 11.3. The lowest BCUT2D eigenvalue weighted by molar-refractivity contribution is 0.410. The molecule has 3 nitrogen and oxygen atoms in total. The van der Waals surface area contributed by atoms with E-state index in [-0.39, 0.29) is 0 Å². The molecule has 0 radical (unpaired) electrons. The Morgan fingerprint density at radius 2 is 2.00 bits per heavy atom. The zero-order chi connectivity index (χ0) is 11.5. The van der Waals surface area contributed by atoms with Crippen molar-refractivity contribution in [2.45, 2.75) is 25.8 Å². The van der Waals surface area contributed by atoms with Gasteiger partial charge in [-0.15, -0.1) is 0 Å². The van der Waals surface area contributed by atoms with Crippen LogP contribution in [0.25, 0.3) is 0 Å². The van der Waals surface area contributed by atoms with Crippen LogP contribution in [-0.2, 0) is 0 Å². The molecule has 2 rings (SSSR count). The van der Waals surface area contributed by atoms with Gasteiger partial charge >= 0.3 is 0 Å². The van der Waals surface area contributed by atoms with Crippen LogP contribution < -0.4 is 15.4 Å². The molecule has 1 heterocycles. The van der Waals surface area contributed by atoms with Crippen molar-refractivity contribution in [1.29, 1.82) is 0 Å². The standard InChI is InChI=1S/C13H20N2O/c1-10-3-4-12(13(9-10)16-2)15-7-5-11(14)6-8-15/h3-4,9,11H,5-8,14H2,1-2H3. The van der Waals surface area contributed by atoms with E-state index in [9.17, 15) is 0 Å². The highest BCUT2D eigenvalue weighted by Crippen LogP contribution is 2.30. The fraction of sp³-hybridized carbons (Fsp3) is 0.538. The summed E-state index contributed by atoms with van der Waals surface area (Å²) >= 11 is 0. The number of methoxy groups -OCH3 is 1. The molecule has 88 valence electrons. The van der Waals surface area contributed by atoms with Gasteiger partial charge in [0.05, 0.1) is 12.8 Å². The minimum atomic E-state index is 0.368. The van der Waals surface area contributed by atoms with E-state index in [1.54, 1.807) is 7.11 Å². The van der Waals surface area contributed by atoms with Crippen molar-refractivity contribution < 1.29 is 4.74 Å². The third kappa shape index (κ3) is 2.30. The van der Waals surface area contributed by atoms with Gasteiger partial charge in [-0.3, -0.25) is 0 Å². The molecule has 0 aromatic heterocycles. The number of ether oxygens (including phenoxy) is 1. The summed E-state index contributed by atoms with van der Waals surface area (Å²) in [4.78, 5) is 2.36. The minimum absolute atomic E-state index is 0.368. The zero-order valence-electron chi connectivity index (χ0n) is 10.1. The Kier molecular flexibility index (Phi) is 3.34. The molecule has 3 heteroatoms. The quantitative estimate of drug-likeness (QED) is 0.827. The molecule has 0 spiro atoms. The van der Waals surface area contributed by atoms with Crippen molar-refractivity contribution >= 4 is 5.69 Å². The molecule has 0 bridgehead atoms. The first-order valence-electron chi connectivity index (χ1n) is 5.86. The highest BCUT2D eigenvalue weighted by molar-refractivity contribution is 5.60. The number of hydrogen-bond acceptors (Lipinski definition) is 3. The molecule has 1 aliphatic rings. The molecule has 16 heavy (non-hydrogen) atoms. The minimum Gasteiger partial charge on any atom is -0.495 e. The summed E-state index contributed by atoms with van der Waals surface area (Å²) in [5.41, 5.74) is 8.34. The second-order valence-corrected chi connectivity index (χ2v) is 4.50. The number of anilines is 1. The molecule has 0 unspecified atom stereocenters. The molecule has 1 aromatic rings. The fourth-order valence-corrected chi connectivity index (χ4v) is 2.19. The highest BCUT2D eigenvalue weighted by atomic mass is 16.5. The number of rotatable bonds is 2. The van der Waals surface area contributed by atoms with Gasteiger partial charge in [-0.1, -0.05) is 6.07 Å². The average Bonchev–Trinajstić information content (AvgIpc) is 2.30. The Hall–Kier alpha value is -1.22. The van der Waals surface area contributed by atoms with E-state index < -0.39 is 0 Å². The van der Waals surface area contributed by atoms with Crippen molar-refractivity contribution in [3.8, 4) is 5.75 Å². The maximum Gasteiger partial charge on any atom is 0.142 e. The van der Waals surface area contributed by atoms with E-state index in [2.05, 4.69) is 30.0 Å². The number of benzene rings is 1. The molecular formula is C13H20N2O. The van der Waals surface area contributed by atoms with E-state index in [0.717, 1.165) is 31.7 Å². The van der Waals surface area contributed by atoms with Crippen LogP contribution in [0, 0.1) is 6.92 Å². The van der Waals surface area contributed by atoms with Crippen molar-refractivity contribution in [2.75, 3.05) is 25.1 Å². The number of nitrogens with zero attached hydrogens (tertiary/aromatic N) is 1. The normalized spacial score (nSPS) is 17.6. The average molecular weight is 220 g/mol. The van der Waals surface area contributed by atoms with Crippen LogP contribution in [-0.4, -0.2) is 26.2 Å². The first-order valence-corrected chi connectivity index (χ1v) is 5.86. The Bertz CT molecular complexity index is 357. The Labute approximate surface area is 97.2 Å². The van der Waals surface area contributed by atoms with Gasteiger partial charge < -0.3 is 15.4 Å². The topological polar surface area (TPSA) is 38.5 Å². The van der Waals surface area contributed by atoms with Gasteiger partial charge in [-0.2, -0.15) is 0 Å². The monoisotopic (exact) mass is 220 g/mol. The molecule has 0 amide bonds. The molecular weight excluding hydrogens is 200 g/mol. The summed E-state index contributed by atoms with van der Waals surface area (Å²) < 4.78 is 5.43. The smallest absolute Gasteiger partial charge is 0.142 e. The summed E-state index contributed by atoms with van der Waals surface area (Å²) in [6.45, 7) is 4.14. The fourth-order valence-electron chi connectivity index (χ4n) is 2.19. The van der Waals surface area contributed by atoms with Crippen LogP contribution in [0.3, 0.4) is 0 Å². The Balaban J connectivity index is 2.19. The number of piperidine rings is 1. The summed E-state index contributed by atoms with van der Waals surface area (Å²) in [6, 6.07) is 6.73. The van der Waals surface area contributed by atoms with Crippen LogP contribution in [0.5, 0.6) is 5.75 Å². The van der Waals surface area contributed by atoms with Crippen LogP contribution in [0.4, 0.5) is 5.69 Å². The van der Waals surface area contributed by atoms with E-state index >= 15 is 0 Å². The van der Waals surface area contributed by atoms with E-state index in [1.165, 1.54) is 11.3 Å². The predicted molar refractivity (Wildman–Crippen MR) is 67.2 cm³/mol. The van der Waals surface area contributed by atoms with Crippen molar-refractivity contribution in [2.24, 2.45) is 5.73 Å². The van der Waals surface area contributed by atoms with Crippen LogP contribution in [0.1, 0.15) is 18.4 Å². The van der Waals surface area contributed by atoms with Crippen molar-refractivity contribution in [3.63, 3.8) is 0 Å². The molecule has 1 aromatic carbocycles. The summed E-state index contributed by atoms with van der Waals surface area (Å²) in [7, 11) is 1.73. The van der Waals surface area contributed by atoms with Crippen LogP contribution in [0.2, 0.25) is 0 Å². The molecule has 0 atom stereocenters. The van der Waals surface area contributed by atoms with Gasteiger partial charge in [0, 0.05) is 19.1 Å². The summed E-state index contributed by atoms with van der Waals surface area (Å²) in [6.07, 6.45) is 2.13. The van der Waals surface area contributed by atoms with E-state index in [1.807, 2.05) is 0 Å². The number of nitrogens with two attached hydrogens (primary N) is 1. The lowest BCUT2D eigenvalue weighted by atomic mass is 10.0. The summed E-state index contributed by atoms with van der Waals surface area (Å²) in [5, 5.41) is 0. The Morgan fingerprint density at radius 1 is 1.31 bits per heavy atom. The molecule has 1 aliphatic heterocycles. The van der Waals surface area contributed by atoms with E-state index in [0.29, 0.717) is 6.04 Å². The third-order valence-corrected chi connectivity index (χ3v) is 3.22. The molecule has 0 saturated carbocycles. The maximum absolute atomic E-state index is 5.91. The lowest BCUT2D eigenvalue weighted by Crippen LogP contribution is -2.39. The number of hydrogen-bond donors (Lipinski definition) is 1. The second kappa shape index (κ2) is 4.74. The van der Waals surface area contributed by atoms with Crippen molar-refractivity contribution in [1.82, 2.24) is 0 Å². The van der Waals surface area contributed by atoms with Gasteiger partial charge in [0.15, 0.2) is 0 Å². The molecule has 1 fully saturated rings. The van der Waals surface area contributed by atoms with Gasteiger partial charge in [0.25, 0.3) is 0 Å². The first-order chi connectivity index (χ1) is 7.70. The number of aryl methyl sites for hydroxylation is 1. The van der Waals surface area contributed by atoms with Crippen LogP contribution in [0.15, 0.2) is 18.2 Å². The van der Waals surface area contributed by atoms with Gasteiger partial charge in [-0.25, -0.2) is 0 Å². The molecule has 2 N–H and O–H groups in total. The Morgan fingerprint density at radius 3 is 2.62 bits per heavy atom. The lowest BCUT2D eigenvalue weighted by Gasteiger charge is -2.32. The predicted octanol–water partition coefficient (Wildman–Crippen LogP) is 1.93. The van der Waals surface area contributed by atoms with Crippen LogP contribution >= 0.6 is 0 Å². The maximum atomic E-state index is 5.91. The van der Waals surface area contributed by atoms with Gasteiger partial charge in [0.2, 0.25) is 0 Å². The largest absolute Gasteiger partial charge is 0.495 e. The van der Waals surface area contributed by atoms with Crippen molar-refractivity contribution in [3.05, 3.63) is 23.8 Å². The highest BCUT2D eigenvalue weighted by Gasteiger charge is 2.18. The van der Waals surface area contributed by atoms with Gasteiger partial charge in [-0.05, 0) is 37.5 Å². The zero-order valence-corrected chi connectivity index (χ0v) is 10.1. The summed E-state index contributed by atoms with van der Waals surface area (Å²) in [5.74, 6) is 0.968. The van der Waals surface area contributed by atoms with Gasteiger partial charge in [0.1, 0.15) is 5.75 Å².